The van der Waals surface area contributed by atoms with E-state index in [0.29, 0.717) is 0 Å². The van der Waals surface area contributed by atoms with E-state index in [1.165, 1.54) is 47.3 Å². The molecule has 0 aliphatic rings. The summed E-state index contributed by atoms with van der Waals surface area (Å²) in [7, 11) is 0. The van der Waals surface area contributed by atoms with Crippen LogP contribution in [0.5, 0.6) is 0 Å². The fourth-order valence-electron chi connectivity index (χ4n) is 7.78. The Morgan fingerprint density at radius 3 is 1.42 bits per heavy atom. The first kappa shape index (κ1) is 31.1. The number of rotatable bonds is 7. The number of hydrogen-bond donors (Lipinski definition) is 0. The predicted molar refractivity (Wildman–Crippen MR) is 229 cm³/mol. The van der Waals surface area contributed by atoms with Gasteiger partial charge in [0.1, 0.15) is 0 Å². The molecule has 0 saturated carbocycles. The third-order valence-corrected chi connectivity index (χ3v) is 11.3. The molecule has 9 aromatic carbocycles. The normalized spacial score (nSPS) is 11.4. The van der Waals surface area contributed by atoms with Crippen molar-refractivity contribution in [1.82, 2.24) is 0 Å². The summed E-state index contributed by atoms with van der Waals surface area (Å²) >= 11 is 1.85. The molecule has 0 spiro atoms. The highest BCUT2D eigenvalue weighted by atomic mass is 32.1. The van der Waals surface area contributed by atoms with Gasteiger partial charge in [0.2, 0.25) is 0 Å². The lowest BCUT2D eigenvalue weighted by molar-refractivity contribution is 1.25. The standard InChI is InChI=1S/C50H34N2S/c1-4-17-37(18-5-1)51(38-19-6-2-7-20-38)41-30-36(47-32-35-16-10-11-23-43(35)44-24-12-13-25-45(44)47)31-42(33-41)52(39-21-8-3-9-22-39)40-28-29-50-48(34-40)46-26-14-15-27-49(46)53-50/h1-34H. The van der Waals surface area contributed by atoms with Crippen LogP contribution in [0.4, 0.5) is 34.1 Å². The molecule has 0 amide bonds. The summed E-state index contributed by atoms with van der Waals surface area (Å²) in [5.41, 5.74) is 8.93. The van der Waals surface area contributed by atoms with Gasteiger partial charge in [0.25, 0.3) is 0 Å². The van der Waals surface area contributed by atoms with Gasteiger partial charge in [-0.3, -0.25) is 0 Å². The second-order valence-electron chi connectivity index (χ2n) is 13.4. The minimum absolute atomic E-state index is 1.08. The number of benzene rings is 9. The zero-order valence-electron chi connectivity index (χ0n) is 28.9. The fraction of sp³-hybridized carbons (Fsp3) is 0. The van der Waals surface area contributed by atoms with E-state index >= 15 is 0 Å². The SMILES string of the molecule is c1ccc(N(c2ccccc2)c2cc(-c3cc4ccccc4c4ccccc34)cc(N(c3ccccc3)c3ccc4sc5ccccc5c4c3)c2)cc1. The molecule has 0 unspecified atom stereocenters. The molecule has 2 nitrogen and oxygen atoms in total. The minimum Gasteiger partial charge on any atom is -0.310 e. The Morgan fingerprint density at radius 1 is 0.283 bits per heavy atom. The van der Waals surface area contributed by atoms with Crippen molar-refractivity contribution in [2.45, 2.75) is 0 Å². The van der Waals surface area contributed by atoms with Crippen molar-refractivity contribution in [2.24, 2.45) is 0 Å². The van der Waals surface area contributed by atoms with E-state index < -0.39 is 0 Å². The van der Waals surface area contributed by atoms with Gasteiger partial charge in [-0.1, -0.05) is 121 Å². The van der Waals surface area contributed by atoms with Gasteiger partial charge in [-0.2, -0.15) is 0 Å². The van der Waals surface area contributed by atoms with E-state index in [-0.39, 0.29) is 0 Å². The lowest BCUT2D eigenvalue weighted by atomic mass is 9.92. The highest BCUT2D eigenvalue weighted by Gasteiger charge is 2.21. The predicted octanol–water partition coefficient (Wildman–Crippen LogP) is 15.0. The topological polar surface area (TPSA) is 6.48 Å². The molecule has 1 aromatic heterocycles. The molecule has 0 aliphatic heterocycles. The molecule has 0 N–H and O–H groups in total. The summed E-state index contributed by atoms with van der Waals surface area (Å²) in [5, 5.41) is 7.55. The second-order valence-corrected chi connectivity index (χ2v) is 14.5. The van der Waals surface area contributed by atoms with Gasteiger partial charge in [0.15, 0.2) is 0 Å². The molecule has 0 bridgehead atoms. The van der Waals surface area contributed by atoms with Crippen LogP contribution in [0.2, 0.25) is 0 Å². The summed E-state index contributed by atoms with van der Waals surface area (Å²) in [6.45, 7) is 0. The molecule has 250 valence electrons. The molecule has 0 fully saturated rings. The fourth-order valence-corrected chi connectivity index (χ4v) is 8.87. The molecule has 10 aromatic rings. The number of thiophene rings is 1. The van der Waals surface area contributed by atoms with Crippen LogP contribution in [-0.4, -0.2) is 0 Å². The van der Waals surface area contributed by atoms with Gasteiger partial charge in [0, 0.05) is 54.3 Å². The van der Waals surface area contributed by atoms with Gasteiger partial charge in [-0.15, -0.1) is 11.3 Å². The maximum Gasteiger partial charge on any atom is 0.0488 e. The summed E-state index contributed by atoms with van der Waals surface area (Å²) < 4.78 is 2.60. The molecular formula is C50H34N2S. The van der Waals surface area contributed by atoms with E-state index in [0.717, 1.165) is 39.7 Å². The van der Waals surface area contributed by atoms with Crippen molar-refractivity contribution >= 4 is 87.2 Å². The van der Waals surface area contributed by atoms with Crippen molar-refractivity contribution < 1.29 is 0 Å². The number of fused-ring (bicyclic) bond motifs is 6. The van der Waals surface area contributed by atoms with Crippen LogP contribution >= 0.6 is 11.3 Å². The average molecular weight is 695 g/mol. The van der Waals surface area contributed by atoms with Crippen LogP contribution in [0.1, 0.15) is 0 Å². The molecule has 0 atom stereocenters. The van der Waals surface area contributed by atoms with E-state index in [9.17, 15) is 0 Å². The van der Waals surface area contributed by atoms with E-state index in [1.54, 1.807) is 0 Å². The summed E-state index contributed by atoms with van der Waals surface area (Å²) in [5.74, 6) is 0. The van der Waals surface area contributed by atoms with Gasteiger partial charge in [0.05, 0.1) is 0 Å². The van der Waals surface area contributed by atoms with Gasteiger partial charge in [-0.25, -0.2) is 0 Å². The smallest absolute Gasteiger partial charge is 0.0488 e. The van der Waals surface area contributed by atoms with Crippen molar-refractivity contribution in [3.8, 4) is 11.1 Å². The highest BCUT2D eigenvalue weighted by molar-refractivity contribution is 7.25. The lowest BCUT2D eigenvalue weighted by Gasteiger charge is -2.30. The summed E-state index contributed by atoms with van der Waals surface area (Å²) in [6, 6.07) is 74.8. The first-order valence-electron chi connectivity index (χ1n) is 18.0. The Balaban J connectivity index is 1.28. The van der Waals surface area contributed by atoms with Crippen LogP contribution in [-0.2, 0) is 0 Å². The number of hydrogen-bond acceptors (Lipinski definition) is 3. The quantitative estimate of drug-likeness (QED) is 0.153. The highest BCUT2D eigenvalue weighted by Crippen LogP contribution is 2.46. The van der Waals surface area contributed by atoms with Crippen molar-refractivity contribution in [1.29, 1.82) is 0 Å². The van der Waals surface area contributed by atoms with Crippen LogP contribution in [0.25, 0.3) is 52.8 Å². The zero-order chi connectivity index (χ0) is 35.1. The molecule has 0 aliphatic carbocycles. The average Bonchev–Trinajstić information content (AvgIpc) is 3.60. The Kier molecular flexibility index (Phi) is 7.71. The number of para-hydroxylation sites is 3. The summed E-state index contributed by atoms with van der Waals surface area (Å²) in [6.07, 6.45) is 0. The number of nitrogens with zero attached hydrogens (tertiary/aromatic N) is 2. The van der Waals surface area contributed by atoms with Crippen LogP contribution in [0, 0.1) is 0 Å². The van der Waals surface area contributed by atoms with E-state index in [1.807, 2.05) is 11.3 Å². The number of anilines is 6. The zero-order valence-corrected chi connectivity index (χ0v) is 29.7. The molecule has 0 saturated heterocycles. The Labute approximate surface area is 313 Å². The lowest BCUT2D eigenvalue weighted by Crippen LogP contribution is -2.13. The van der Waals surface area contributed by atoms with Gasteiger partial charge in [-0.05, 0) is 118 Å². The second kappa shape index (κ2) is 13.1. The Bertz CT molecular complexity index is 2860. The largest absolute Gasteiger partial charge is 0.310 e. The maximum atomic E-state index is 2.41. The van der Waals surface area contributed by atoms with E-state index in [2.05, 4.69) is 216 Å². The molecule has 53 heavy (non-hydrogen) atoms. The van der Waals surface area contributed by atoms with Crippen molar-refractivity contribution in [2.75, 3.05) is 9.80 Å². The molecule has 3 heteroatoms. The molecule has 1 heterocycles. The minimum atomic E-state index is 1.08. The van der Waals surface area contributed by atoms with Gasteiger partial charge >= 0.3 is 0 Å². The van der Waals surface area contributed by atoms with E-state index in [4.69, 9.17) is 0 Å². The molecule has 10 rings (SSSR count). The Hall–Kier alpha value is -6.68. The Morgan fingerprint density at radius 2 is 0.774 bits per heavy atom. The third kappa shape index (κ3) is 5.59. The summed E-state index contributed by atoms with van der Waals surface area (Å²) in [4.78, 5) is 4.78. The monoisotopic (exact) mass is 694 g/mol. The molecular weight excluding hydrogens is 661 g/mol. The first-order chi connectivity index (χ1) is 26.3. The van der Waals surface area contributed by atoms with Crippen LogP contribution < -0.4 is 9.80 Å². The van der Waals surface area contributed by atoms with Crippen LogP contribution in [0.3, 0.4) is 0 Å². The third-order valence-electron chi connectivity index (χ3n) is 10.2. The molecule has 0 radical (unpaired) electrons. The van der Waals surface area contributed by atoms with Crippen LogP contribution in [0.15, 0.2) is 206 Å². The van der Waals surface area contributed by atoms with Gasteiger partial charge < -0.3 is 9.80 Å². The first-order valence-corrected chi connectivity index (χ1v) is 18.8. The van der Waals surface area contributed by atoms with Crippen molar-refractivity contribution in [3.05, 3.63) is 206 Å². The maximum absolute atomic E-state index is 2.41. The van der Waals surface area contributed by atoms with Crippen molar-refractivity contribution in [3.63, 3.8) is 0 Å².